The van der Waals surface area contributed by atoms with Crippen molar-refractivity contribution < 1.29 is 13.6 Å². The minimum Gasteiger partial charge on any atom is -0.342 e. The number of piperidine rings is 1. The van der Waals surface area contributed by atoms with E-state index < -0.39 is 11.6 Å². The average Bonchev–Trinajstić information content (AvgIpc) is 3.06. The number of H-pyrrole nitrogens is 1. The van der Waals surface area contributed by atoms with E-state index in [1.165, 1.54) is 17.7 Å². The first-order valence-electron chi connectivity index (χ1n) is 10.6. The van der Waals surface area contributed by atoms with E-state index in [2.05, 4.69) is 43.7 Å². The fraction of sp³-hybridized carbons (Fsp3) is 0.500. The highest BCUT2D eigenvalue weighted by molar-refractivity contribution is 5.84. The van der Waals surface area contributed by atoms with Gasteiger partial charge in [0.15, 0.2) is 11.6 Å². The molecule has 1 aliphatic heterocycles. The van der Waals surface area contributed by atoms with Gasteiger partial charge >= 0.3 is 0 Å². The minimum atomic E-state index is -0.870. The zero-order valence-corrected chi connectivity index (χ0v) is 18.0. The van der Waals surface area contributed by atoms with E-state index in [0.29, 0.717) is 17.2 Å². The number of imidazole rings is 1. The van der Waals surface area contributed by atoms with Gasteiger partial charge in [0.25, 0.3) is 0 Å². The van der Waals surface area contributed by atoms with Crippen molar-refractivity contribution in [1.82, 2.24) is 14.9 Å². The topological polar surface area (TPSA) is 49.0 Å². The molecule has 1 amide bonds. The zero-order valence-electron chi connectivity index (χ0n) is 18.0. The Balaban J connectivity index is 1.38. The number of allylic oxidation sites excluding steroid dienone is 2. The molecule has 1 aromatic carbocycles. The first-order chi connectivity index (χ1) is 14.2. The van der Waals surface area contributed by atoms with Crippen molar-refractivity contribution >= 4 is 5.91 Å². The van der Waals surface area contributed by atoms with Crippen molar-refractivity contribution in [2.75, 3.05) is 13.1 Å². The maximum atomic E-state index is 13.5. The Morgan fingerprint density at radius 2 is 1.90 bits per heavy atom. The first-order valence-corrected chi connectivity index (χ1v) is 10.6. The van der Waals surface area contributed by atoms with Crippen LogP contribution >= 0.6 is 0 Å². The molecule has 0 bridgehead atoms. The van der Waals surface area contributed by atoms with Gasteiger partial charge in [-0.2, -0.15) is 0 Å². The Kier molecular flexibility index (Phi) is 5.28. The molecule has 1 aliphatic carbocycles. The molecule has 30 heavy (non-hydrogen) atoms. The van der Waals surface area contributed by atoms with E-state index in [1.807, 2.05) is 4.90 Å². The van der Waals surface area contributed by atoms with Crippen LogP contribution in [0.15, 0.2) is 36.0 Å². The highest BCUT2D eigenvalue weighted by Gasteiger charge is 2.61. The Hall–Kier alpha value is -2.50. The number of likely N-dealkylation sites (tertiary alicyclic amines) is 1. The summed E-state index contributed by atoms with van der Waals surface area (Å²) in [5, 5.41) is 0. The largest absolute Gasteiger partial charge is 0.342 e. The van der Waals surface area contributed by atoms with E-state index in [1.54, 1.807) is 6.20 Å². The molecule has 0 spiro atoms. The number of carbonyl (C=O) groups is 1. The van der Waals surface area contributed by atoms with E-state index in [9.17, 15) is 13.6 Å². The van der Waals surface area contributed by atoms with Crippen molar-refractivity contribution in [3.8, 4) is 11.3 Å². The van der Waals surface area contributed by atoms with Crippen LogP contribution < -0.4 is 0 Å². The molecule has 1 aromatic heterocycles. The molecule has 1 saturated carbocycles. The standard InChI is InChI=1S/C24H29F2N3O/c1-14(2)11-17-21(24(17,3)4)23(30)29-9-7-15(8-10-29)22-27-13-20(28-22)16-5-6-18(25)19(26)12-16/h5-6,11-13,15,17,21H,7-10H2,1-4H3,(H,27,28)/t17-,21+/m0/s1. The lowest BCUT2D eigenvalue weighted by atomic mass is 9.95. The third kappa shape index (κ3) is 3.80. The predicted octanol–water partition coefficient (Wildman–Crippen LogP) is 5.30. The molecule has 2 aliphatic rings. The second-order valence-electron chi connectivity index (χ2n) is 9.48. The highest BCUT2D eigenvalue weighted by atomic mass is 19.2. The van der Waals surface area contributed by atoms with Crippen LogP contribution in [0.2, 0.25) is 0 Å². The minimum absolute atomic E-state index is 0.0333. The molecular weight excluding hydrogens is 384 g/mol. The number of hydrogen-bond donors (Lipinski definition) is 1. The lowest BCUT2D eigenvalue weighted by Crippen LogP contribution is -2.39. The van der Waals surface area contributed by atoms with Crippen LogP contribution in [0, 0.1) is 28.9 Å². The van der Waals surface area contributed by atoms with Crippen molar-refractivity contribution in [2.24, 2.45) is 17.3 Å². The second kappa shape index (κ2) is 7.64. The number of nitrogens with one attached hydrogen (secondary N) is 1. The van der Waals surface area contributed by atoms with Crippen LogP contribution in [0.5, 0.6) is 0 Å². The summed E-state index contributed by atoms with van der Waals surface area (Å²) in [6.45, 7) is 9.96. The van der Waals surface area contributed by atoms with Crippen LogP contribution in [0.4, 0.5) is 8.78 Å². The lowest BCUT2D eigenvalue weighted by Gasteiger charge is -2.31. The summed E-state index contributed by atoms with van der Waals surface area (Å²) in [5.74, 6) is 0.0165. The van der Waals surface area contributed by atoms with E-state index in [4.69, 9.17) is 0 Å². The number of amides is 1. The molecule has 4 rings (SSSR count). The maximum Gasteiger partial charge on any atom is 0.226 e. The van der Waals surface area contributed by atoms with E-state index >= 15 is 0 Å². The molecule has 1 N–H and O–H groups in total. The molecular formula is C24H29F2N3O. The smallest absolute Gasteiger partial charge is 0.226 e. The van der Waals surface area contributed by atoms with Crippen molar-refractivity contribution in [2.45, 2.75) is 46.5 Å². The van der Waals surface area contributed by atoms with Crippen molar-refractivity contribution in [1.29, 1.82) is 0 Å². The van der Waals surface area contributed by atoms with Gasteiger partial charge in [0.1, 0.15) is 5.82 Å². The molecule has 4 nitrogen and oxygen atoms in total. The Morgan fingerprint density at radius 1 is 1.20 bits per heavy atom. The molecule has 2 aromatic rings. The summed E-state index contributed by atoms with van der Waals surface area (Å²) in [6, 6.07) is 3.84. The van der Waals surface area contributed by atoms with Crippen LogP contribution in [0.25, 0.3) is 11.3 Å². The monoisotopic (exact) mass is 413 g/mol. The van der Waals surface area contributed by atoms with Crippen LogP contribution in [0.1, 0.15) is 52.3 Å². The van der Waals surface area contributed by atoms with Crippen LogP contribution in [0.3, 0.4) is 0 Å². The number of carbonyl (C=O) groups excluding carboxylic acids is 1. The number of rotatable bonds is 4. The van der Waals surface area contributed by atoms with Crippen LogP contribution in [-0.4, -0.2) is 33.9 Å². The molecule has 0 radical (unpaired) electrons. The Morgan fingerprint density at radius 3 is 2.53 bits per heavy atom. The molecule has 1 saturated heterocycles. The third-order valence-corrected chi connectivity index (χ3v) is 6.71. The summed E-state index contributed by atoms with van der Waals surface area (Å²) >= 11 is 0. The fourth-order valence-electron chi connectivity index (χ4n) is 4.74. The van der Waals surface area contributed by atoms with Gasteiger partial charge in [-0.1, -0.05) is 25.5 Å². The fourth-order valence-corrected chi connectivity index (χ4v) is 4.74. The van der Waals surface area contributed by atoms with Crippen molar-refractivity contribution in [3.05, 3.63) is 53.5 Å². The SMILES string of the molecule is CC(C)=C[C@H]1[C@H](C(=O)N2CCC(c3ncc(-c4ccc(F)c(F)c4)[nH]3)CC2)C1(C)C. The number of benzene rings is 1. The van der Waals surface area contributed by atoms with Gasteiger partial charge in [-0.25, -0.2) is 13.8 Å². The average molecular weight is 414 g/mol. The van der Waals surface area contributed by atoms with Crippen LogP contribution in [-0.2, 0) is 4.79 Å². The summed E-state index contributed by atoms with van der Waals surface area (Å²) in [5.41, 5.74) is 2.54. The summed E-state index contributed by atoms with van der Waals surface area (Å²) in [7, 11) is 0. The van der Waals surface area contributed by atoms with Gasteiger partial charge in [0, 0.05) is 24.6 Å². The summed E-state index contributed by atoms with van der Waals surface area (Å²) in [4.78, 5) is 22.8. The molecule has 160 valence electrons. The number of nitrogens with zero attached hydrogens (tertiary/aromatic N) is 2. The number of aromatic amines is 1. The lowest BCUT2D eigenvalue weighted by molar-refractivity contribution is -0.134. The van der Waals surface area contributed by atoms with Gasteiger partial charge in [0.2, 0.25) is 5.91 Å². The molecule has 2 heterocycles. The van der Waals surface area contributed by atoms with Gasteiger partial charge < -0.3 is 9.88 Å². The molecule has 6 heteroatoms. The Bertz CT molecular complexity index is 982. The first kappa shape index (κ1) is 20.8. The maximum absolute atomic E-state index is 13.5. The highest BCUT2D eigenvalue weighted by Crippen LogP contribution is 2.60. The van der Waals surface area contributed by atoms with E-state index in [0.717, 1.165) is 37.8 Å². The molecule has 2 fully saturated rings. The molecule has 2 atom stereocenters. The normalized spacial score (nSPS) is 23.3. The summed E-state index contributed by atoms with van der Waals surface area (Å²) < 4.78 is 26.7. The summed E-state index contributed by atoms with van der Waals surface area (Å²) in [6.07, 6.45) is 5.59. The molecule has 0 unspecified atom stereocenters. The number of hydrogen-bond acceptors (Lipinski definition) is 2. The van der Waals surface area contributed by atoms with Gasteiger partial charge in [0.05, 0.1) is 17.8 Å². The van der Waals surface area contributed by atoms with Crippen molar-refractivity contribution in [3.63, 3.8) is 0 Å². The number of aromatic nitrogens is 2. The zero-order chi connectivity index (χ0) is 21.6. The van der Waals surface area contributed by atoms with Gasteiger partial charge in [-0.3, -0.25) is 4.79 Å². The second-order valence-corrected chi connectivity index (χ2v) is 9.48. The number of halogens is 2. The Labute approximate surface area is 176 Å². The van der Waals surface area contributed by atoms with E-state index in [-0.39, 0.29) is 23.2 Å². The quantitative estimate of drug-likeness (QED) is 0.692. The third-order valence-electron chi connectivity index (χ3n) is 6.71. The van der Waals surface area contributed by atoms with Gasteiger partial charge in [-0.15, -0.1) is 0 Å². The van der Waals surface area contributed by atoms with Gasteiger partial charge in [-0.05, 0) is 56.2 Å². The predicted molar refractivity (Wildman–Crippen MR) is 113 cm³/mol.